The molecule has 0 saturated carbocycles. The smallest absolute Gasteiger partial charge is 0.257 e. The quantitative estimate of drug-likeness (QED) is 0.621. The largest absolute Gasteiger partial charge is 0.497 e. The molecule has 0 spiro atoms. The number of carbonyl (C=O) groups excluding carboxylic acids is 2. The molecule has 0 aliphatic rings. The van der Waals surface area contributed by atoms with Crippen LogP contribution in [-0.4, -0.2) is 23.9 Å². The summed E-state index contributed by atoms with van der Waals surface area (Å²) >= 11 is 6.91. The van der Waals surface area contributed by atoms with Crippen LogP contribution in [0.4, 0.5) is 15.2 Å². The van der Waals surface area contributed by atoms with Crippen LogP contribution in [0, 0.1) is 5.82 Å². The maximum absolute atomic E-state index is 13.2. The van der Waals surface area contributed by atoms with E-state index in [0.29, 0.717) is 27.8 Å². The highest BCUT2D eigenvalue weighted by Crippen LogP contribution is 2.21. The first-order valence-electron chi connectivity index (χ1n) is 8.09. The van der Waals surface area contributed by atoms with Crippen molar-refractivity contribution in [3.8, 4) is 5.75 Å². The molecule has 3 aromatic rings. The number of nitrogens with zero attached hydrogens (tertiary/aromatic N) is 1. The number of halogens is 2. The van der Waals surface area contributed by atoms with Gasteiger partial charge in [0.05, 0.1) is 24.2 Å². The molecule has 0 aliphatic heterocycles. The van der Waals surface area contributed by atoms with E-state index in [-0.39, 0.29) is 23.3 Å². The molecule has 0 fully saturated rings. The van der Waals surface area contributed by atoms with Gasteiger partial charge < -0.3 is 10.1 Å². The predicted molar refractivity (Wildman–Crippen MR) is 107 cm³/mol. The summed E-state index contributed by atoms with van der Waals surface area (Å²) in [6.07, 6.45) is 0.00387. The van der Waals surface area contributed by atoms with Gasteiger partial charge in [-0.05, 0) is 42.5 Å². The summed E-state index contributed by atoms with van der Waals surface area (Å²) in [4.78, 5) is 28.6. The van der Waals surface area contributed by atoms with Crippen molar-refractivity contribution >= 4 is 45.6 Å². The molecule has 28 heavy (non-hydrogen) atoms. The average Bonchev–Trinajstić information content (AvgIpc) is 3.11. The monoisotopic (exact) mass is 419 g/mol. The zero-order valence-corrected chi connectivity index (χ0v) is 16.2. The van der Waals surface area contributed by atoms with E-state index < -0.39 is 5.82 Å². The summed E-state index contributed by atoms with van der Waals surface area (Å²) in [6, 6.07) is 10.6. The summed E-state index contributed by atoms with van der Waals surface area (Å²) in [5.74, 6) is -0.548. The molecule has 6 nitrogen and oxygen atoms in total. The van der Waals surface area contributed by atoms with Crippen molar-refractivity contribution in [1.82, 2.24) is 4.98 Å². The molecule has 2 amide bonds. The van der Waals surface area contributed by atoms with E-state index in [1.54, 1.807) is 36.8 Å². The summed E-state index contributed by atoms with van der Waals surface area (Å²) in [6.45, 7) is 0. The molecule has 2 aromatic carbocycles. The first-order valence-corrected chi connectivity index (χ1v) is 9.35. The van der Waals surface area contributed by atoms with Gasteiger partial charge in [-0.25, -0.2) is 9.37 Å². The maximum atomic E-state index is 13.2. The van der Waals surface area contributed by atoms with Crippen LogP contribution in [0.2, 0.25) is 5.02 Å². The van der Waals surface area contributed by atoms with E-state index in [0.717, 1.165) is 0 Å². The number of nitrogens with one attached hydrogen (secondary N) is 2. The molecule has 0 bridgehead atoms. The number of hydrogen-bond acceptors (Lipinski definition) is 5. The fourth-order valence-corrected chi connectivity index (χ4v) is 3.19. The molecular weight excluding hydrogens is 405 g/mol. The Morgan fingerprint density at radius 3 is 2.61 bits per heavy atom. The number of aromatic nitrogens is 1. The summed E-state index contributed by atoms with van der Waals surface area (Å²) in [7, 11) is 1.55. The molecule has 9 heteroatoms. The molecular formula is C19H15ClFN3O3S. The molecule has 0 atom stereocenters. The second kappa shape index (κ2) is 8.81. The van der Waals surface area contributed by atoms with E-state index in [2.05, 4.69) is 15.6 Å². The zero-order chi connectivity index (χ0) is 20.1. The van der Waals surface area contributed by atoms with Crippen LogP contribution >= 0.6 is 22.9 Å². The SMILES string of the molecule is COc1ccc(C(=O)Nc2nc(CC(=O)Nc3ccc(F)c(Cl)c3)cs2)cc1. The number of benzene rings is 2. The van der Waals surface area contributed by atoms with Crippen LogP contribution in [0.25, 0.3) is 0 Å². The Morgan fingerprint density at radius 1 is 1.18 bits per heavy atom. The van der Waals surface area contributed by atoms with Crippen LogP contribution < -0.4 is 15.4 Å². The van der Waals surface area contributed by atoms with Crippen molar-refractivity contribution < 1.29 is 18.7 Å². The Bertz CT molecular complexity index is 1010. The molecule has 0 aliphatic carbocycles. The third-order valence-corrected chi connectivity index (χ3v) is 4.77. The van der Waals surface area contributed by atoms with E-state index in [4.69, 9.17) is 16.3 Å². The highest BCUT2D eigenvalue weighted by molar-refractivity contribution is 7.14. The summed E-state index contributed by atoms with van der Waals surface area (Å²) < 4.78 is 18.2. The Hall–Kier alpha value is -2.97. The Balaban J connectivity index is 1.57. The van der Waals surface area contributed by atoms with Crippen molar-refractivity contribution in [2.45, 2.75) is 6.42 Å². The lowest BCUT2D eigenvalue weighted by molar-refractivity contribution is -0.115. The van der Waals surface area contributed by atoms with Crippen molar-refractivity contribution in [3.63, 3.8) is 0 Å². The zero-order valence-electron chi connectivity index (χ0n) is 14.7. The second-order valence-electron chi connectivity index (χ2n) is 5.68. The van der Waals surface area contributed by atoms with Crippen LogP contribution in [-0.2, 0) is 11.2 Å². The third-order valence-electron chi connectivity index (χ3n) is 3.67. The number of carbonyl (C=O) groups is 2. The van der Waals surface area contributed by atoms with Crippen molar-refractivity contribution in [2.75, 3.05) is 17.7 Å². The van der Waals surface area contributed by atoms with Gasteiger partial charge in [-0.3, -0.25) is 14.9 Å². The van der Waals surface area contributed by atoms with Gasteiger partial charge in [0.1, 0.15) is 11.6 Å². The Labute approximate surface area is 169 Å². The minimum absolute atomic E-state index is 0.00387. The molecule has 0 saturated heterocycles. The van der Waals surface area contributed by atoms with E-state index in [1.807, 2.05) is 0 Å². The van der Waals surface area contributed by atoms with Crippen LogP contribution in [0.15, 0.2) is 47.8 Å². The lowest BCUT2D eigenvalue weighted by Crippen LogP contribution is -2.15. The van der Waals surface area contributed by atoms with Gasteiger partial charge in [-0.2, -0.15) is 0 Å². The summed E-state index contributed by atoms with van der Waals surface area (Å²) in [5.41, 5.74) is 1.35. The van der Waals surface area contributed by atoms with Crippen LogP contribution in [0.3, 0.4) is 0 Å². The van der Waals surface area contributed by atoms with E-state index in [1.165, 1.54) is 29.5 Å². The second-order valence-corrected chi connectivity index (χ2v) is 6.95. The lowest BCUT2D eigenvalue weighted by atomic mass is 10.2. The normalized spacial score (nSPS) is 10.4. The molecule has 144 valence electrons. The van der Waals surface area contributed by atoms with Gasteiger partial charge in [0, 0.05) is 16.6 Å². The Morgan fingerprint density at radius 2 is 1.93 bits per heavy atom. The van der Waals surface area contributed by atoms with Crippen molar-refractivity contribution in [3.05, 3.63) is 69.9 Å². The standard InChI is InChI=1S/C19H15ClFN3O3S/c1-27-14-5-2-11(3-6-14)18(26)24-19-23-13(10-28-19)9-17(25)22-12-4-7-16(21)15(20)8-12/h2-8,10H,9H2,1H3,(H,22,25)(H,23,24,26). The van der Waals surface area contributed by atoms with E-state index in [9.17, 15) is 14.0 Å². The minimum Gasteiger partial charge on any atom is -0.497 e. The number of hydrogen-bond donors (Lipinski definition) is 2. The average molecular weight is 420 g/mol. The molecule has 0 unspecified atom stereocenters. The van der Waals surface area contributed by atoms with Gasteiger partial charge in [0.2, 0.25) is 5.91 Å². The number of thiazole rings is 1. The van der Waals surface area contributed by atoms with Gasteiger partial charge in [0.25, 0.3) is 5.91 Å². The van der Waals surface area contributed by atoms with Gasteiger partial charge in [-0.1, -0.05) is 11.6 Å². The van der Waals surface area contributed by atoms with Crippen molar-refractivity contribution in [2.24, 2.45) is 0 Å². The molecule has 1 aromatic heterocycles. The highest BCUT2D eigenvalue weighted by Gasteiger charge is 2.12. The number of ether oxygens (including phenoxy) is 1. The molecule has 0 radical (unpaired) electrons. The number of methoxy groups -OCH3 is 1. The molecule has 2 N–H and O–H groups in total. The first-order chi connectivity index (χ1) is 13.4. The predicted octanol–water partition coefficient (Wildman–Crippen LogP) is 4.38. The van der Waals surface area contributed by atoms with Gasteiger partial charge in [0.15, 0.2) is 5.13 Å². The fourth-order valence-electron chi connectivity index (χ4n) is 2.30. The van der Waals surface area contributed by atoms with Gasteiger partial charge >= 0.3 is 0 Å². The minimum atomic E-state index is -0.559. The van der Waals surface area contributed by atoms with Crippen LogP contribution in [0.5, 0.6) is 5.75 Å². The topological polar surface area (TPSA) is 80.3 Å². The van der Waals surface area contributed by atoms with Gasteiger partial charge in [-0.15, -0.1) is 11.3 Å². The maximum Gasteiger partial charge on any atom is 0.257 e. The number of anilines is 2. The lowest BCUT2D eigenvalue weighted by Gasteiger charge is -2.05. The molecule has 3 rings (SSSR count). The fraction of sp³-hybridized carbons (Fsp3) is 0.105. The molecule has 1 heterocycles. The van der Waals surface area contributed by atoms with E-state index >= 15 is 0 Å². The third kappa shape index (κ3) is 5.05. The number of rotatable bonds is 6. The highest BCUT2D eigenvalue weighted by atomic mass is 35.5. The summed E-state index contributed by atoms with van der Waals surface area (Å²) in [5, 5.41) is 7.30. The first kappa shape index (κ1) is 19.8. The van der Waals surface area contributed by atoms with Crippen molar-refractivity contribution in [1.29, 1.82) is 0 Å². The van der Waals surface area contributed by atoms with Crippen LogP contribution in [0.1, 0.15) is 16.1 Å². The number of amides is 2. The Kier molecular flexibility index (Phi) is 6.23.